The molecule has 3 heteroatoms. The van der Waals surface area contributed by atoms with Gasteiger partial charge in [0.2, 0.25) is 0 Å². The highest BCUT2D eigenvalue weighted by atomic mass is 19.1. The predicted octanol–water partition coefficient (Wildman–Crippen LogP) is 2.81. The van der Waals surface area contributed by atoms with E-state index >= 15 is 0 Å². The van der Waals surface area contributed by atoms with Crippen molar-refractivity contribution in [1.82, 2.24) is 5.32 Å². The van der Waals surface area contributed by atoms with Gasteiger partial charge in [-0.05, 0) is 31.5 Å². The lowest BCUT2D eigenvalue weighted by molar-refractivity contribution is 0.451. The van der Waals surface area contributed by atoms with Gasteiger partial charge < -0.3 is 10.4 Å². The molecular formula is C12H18FNO. The Morgan fingerprint density at radius 2 is 2.20 bits per heavy atom. The maximum absolute atomic E-state index is 12.9. The molecule has 1 rings (SSSR count). The molecule has 0 fully saturated rings. The lowest BCUT2D eigenvalue weighted by Crippen LogP contribution is -2.25. The van der Waals surface area contributed by atoms with E-state index in [1.54, 1.807) is 0 Å². The fourth-order valence-electron chi connectivity index (χ4n) is 1.51. The average Bonchev–Trinajstić information content (AvgIpc) is 2.20. The van der Waals surface area contributed by atoms with Crippen LogP contribution < -0.4 is 5.32 Å². The molecule has 0 spiro atoms. The van der Waals surface area contributed by atoms with Crippen molar-refractivity contribution in [3.05, 3.63) is 29.6 Å². The van der Waals surface area contributed by atoms with Crippen LogP contribution in [0.1, 0.15) is 32.3 Å². The number of aromatic hydroxyl groups is 1. The quantitative estimate of drug-likeness (QED) is 0.785. The van der Waals surface area contributed by atoms with Crippen LogP contribution in [0.3, 0.4) is 0 Å². The van der Waals surface area contributed by atoms with Crippen LogP contribution in [-0.4, -0.2) is 11.1 Å². The van der Waals surface area contributed by atoms with Gasteiger partial charge in [0.05, 0.1) is 0 Å². The first-order valence-corrected chi connectivity index (χ1v) is 5.34. The Morgan fingerprint density at radius 1 is 1.47 bits per heavy atom. The van der Waals surface area contributed by atoms with E-state index in [1.165, 1.54) is 18.2 Å². The molecule has 0 saturated heterocycles. The molecule has 1 aromatic carbocycles. The molecule has 2 N–H and O–H groups in total. The molecule has 15 heavy (non-hydrogen) atoms. The zero-order valence-electron chi connectivity index (χ0n) is 9.26. The molecule has 0 amide bonds. The van der Waals surface area contributed by atoms with Gasteiger partial charge in [-0.25, -0.2) is 4.39 Å². The van der Waals surface area contributed by atoms with Crippen molar-refractivity contribution in [3.8, 4) is 5.75 Å². The average molecular weight is 211 g/mol. The van der Waals surface area contributed by atoms with Crippen LogP contribution in [-0.2, 0) is 6.54 Å². The van der Waals surface area contributed by atoms with E-state index in [0.717, 1.165) is 12.8 Å². The normalized spacial score (nSPS) is 12.7. The maximum Gasteiger partial charge on any atom is 0.123 e. The first kappa shape index (κ1) is 12.0. The topological polar surface area (TPSA) is 32.3 Å². The first-order chi connectivity index (χ1) is 7.13. The third kappa shape index (κ3) is 3.88. The van der Waals surface area contributed by atoms with Crippen LogP contribution in [0.2, 0.25) is 0 Å². The summed E-state index contributed by atoms with van der Waals surface area (Å²) in [6, 6.07) is 4.39. The number of nitrogens with one attached hydrogen (secondary N) is 1. The van der Waals surface area contributed by atoms with E-state index < -0.39 is 0 Å². The Bertz CT molecular complexity index is 314. The number of hydrogen-bond donors (Lipinski definition) is 2. The van der Waals surface area contributed by atoms with E-state index in [2.05, 4.69) is 19.2 Å². The van der Waals surface area contributed by atoms with Crippen LogP contribution in [0.5, 0.6) is 5.75 Å². The smallest absolute Gasteiger partial charge is 0.123 e. The van der Waals surface area contributed by atoms with Crippen molar-refractivity contribution < 1.29 is 9.50 Å². The highest BCUT2D eigenvalue weighted by molar-refractivity contribution is 5.32. The van der Waals surface area contributed by atoms with Crippen LogP contribution in [0, 0.1) is 5.82 Å². The standard InChI is InChI=1S/C12H18FNO/c1-3-4-9(2)14-8-10-7-11(13)5-6-12(10)15/h5-7,9,14-15H,3-4,8H2,1-2H3. The summed E-state index contributed by atoms with van der Waals surface area (Å²) >= 11 is 0. The Balaban J connectivity index is 2.53. The summed E-state index contributed by atoms with van der Waals surface area (Å²) in [5.74, 6) is -0.166. The number of benzene rings is 1. The summed E-state index contributed by atoms with van der Waals surface area (Å²) in [6.45, 7) is 4.71. The van der Waals surface area contributed by atoms with Crippen molar-refractivity contribution in [2.45, 2.75) is 39.3 Å². The summed E-state index contributed by atoms with van der Waals surface area (Å²) in [5.41, 5.74) is 0.609. The molecule has 1 atom stereocenters. The summed E-state index contributed by atoms with van der Waals surface area (Å²) in [6.07, 6.45) is 2.19. The van der Waals surface area contributed by atoms with Gasteiger partial charge in [0.1, 0.15) is 11.6 Å². The second-order valence-electron chi connectivity index (χ2n) is 3.84. The Hall–Kier alpha value is -1.09. The maximum atomic E-state index is 12.9. The van der Waals surface area contributed by atoms with Gasteiger partial charge in [-0.15, -0.1) is 0 Å². The second-order valence-corrected chi connectivity index (χ2v) is 3.84. The Morgan fingerprint density at radius 3 is 2.87 bits per heavy atom. The monoisotopic (exact) mass is 211 g/mol. The molecule has 0 saturated carbocycles. The molecule has 0 heterocycles. The van der Waals surface area contributed by atoms with Crippen molar-refractivity contribution in [3.63, 3.8) is 0 Å². The largest absolute Gasteiger partial charge is 0.508 e. The van der Waals surface area contributed by atoms with Gasteiger partial charge in [0.15, 0.2) is 0 Å². The molecule has 0 aliphatic carbocycles. The van der Waals surface area contributed by atoms with Crippen LogP contribution in [0.15, 0.2) is 18.2 Å². The fraction of sp³-hybridized carbons (Fsp3) is 0.500. The molecule has 1 aromatic rings. The van der Waals surface area contributed by atoms with E-state index in [4.69, 9.17) is 0 Å². The van der Waals surface area contributed by atoms with E-state index in [9.17, 15) is 9.50 Å². The van der Waals surface area contributed by atoms with Crippen LogP contribution >= 0.6 is 0 Å². The molecule has 0 aliphatic rings. The third-order valence-electron chi connectivity index (χ3n) is 2.40. The summed E-state index contributed by atoms with van der Waals surface area (Å²) in [5, 5.41) is 12.7. The molecule has 84 valence electrons. The van der Waals surface area contributed by atoms with E-state index in [0.29, 0.717) is 18.2 Å². The molecule has 0 radical (unpaired) electrons. The number of halogens is 1. The lowest BCUT2D eigenvalue weighted by Gasteiger charge is -2.13. The minimum absolute atomic E-state index is 0.146. The van der Waals surface area contributed by atoms with Crippen LogP contribution in [0.25, 0.3) is 0 Å². The second kappa shape index (κ2) is 5.71. The van der Waals surface area contributed by atoms with Gasteiger partial charge >= 0.3 is 0 Å². The molecule has 2 nitrogen and oxygen atoms in total. The van der Waals surface area contributed by atoms with Gasteiger partial charge in [-0.3, -0.25) is 0 Å². The zero-order valence-corrected chi connectivity index (χ0v) is 9.26. The Labute approximate surface area is 90.1 Å². The van der Waals surface area contributed by atoms with Crippen LogP contribution in [0.4, 0.5) is 4.39 Å². The Kier molecular flexibility index (Phi) is 4.56. The van der Waals surface area contributed by atoms with Gasteiger partial charge in [-0.2, -0.15) is 0 Å². The lowest BCUT2D eigenvalue weighted by atomic mass is 10.1. The third-order valence-corrected chi connectivity index (χ3v) is 2.40. The molecular weight excluding hydrogens is 193 g/mol. The molecule has 0 aromatic heterocycles. The van der Waals surface area contributed by atoms with Gasteiger partial charge in [-0.1, -0.05) is 13.3 Å². The SMILES string of the molecule is CCCC(C)NCc1cc(F)ccc1O. The zero-order chi connectivity index (χ0) is 11.3. The minimum atomic E-state index is -0.312. The van der Waals surface area contributed by atoms with Gasteiger partial charge in [0.25, 0.3) is 0 Å². The predicted molar refractivity (Wildman–Crippen MR) is 59.3 cm³/mol. The van der Waals surface area contributed by atoms with Crippen molar-refractivity contribution >= 4 is 0 Å². The number of phenolic OH excluding ortho intramolecular Hbond substituents is 1. The molecule has 0 bridgehead atoms. The van der Waals surface area contributed by atoms with Crippen molar-refractivity contribution in [2.24, 2.45) is 0 Å². The van der Waals surface area contributed by atoms with E-state index in [1.807, 2.05) is 0 Å². The van der Waals surface area contributed by atoms with Gasteiger partial charge in [0, 0.05) is 18.2 Å². The first-order valence-electron chi connectivity index (χ1n) is 5.34. The highest BCUT2D eigenvalue weighted by Crippen LogP contribution is 2.17. The number of hydrogen-bond acceptors (Lipinski definition) is 2. The molecule has 0 aliphatic heterocycles. The fourth-order valence-corrected chi connectivity index (χ4v) is 1.51. The summed E-state index contributed by atoms with van der Waals surface area (Å²) in [4.78, 5) is 0. The number of phenols is 1. The highest BCUT2D eigenvalue weighted by Gasteiger charge is 2.04. The van der Waals surface area contributed by atoms with E-state index in [-0.39, 0.29) is 11.6 Å². The summed E-state index contributed by atoms with van der Waals surface area (Å²) < 4.78 is 12.9. The minimum Gasteiger partial charge on any atom is -0.508 e. The summed E-state index contributed by atoms with van der Waals surface area (Å²) in [7, 11) is 0. The van der Waals surface area contributed by atoms with Crippen molar-refractivity contribution in [2.75, 3.05) is 0 Å². The molecule has 1 unspecified atom stereocenters. The number of rotatable bonds is 5. The van der Waals surface area contributed by atoms with Crippen molar-refractivity contribution in [1.29, 1.82) is 0 Å².